The molecule has 0 aliphatic carbocycles. The van der Waals surface area contributed by atoms with Crippen LogP contribution in [0.1, 0.15) is 32.0 Å². The Morgan fingerprint density at radius 2 is 1.77 bits per heavy atom. The highest BCUT2D eigenvalue weighted by Crippen LogP contribution is 2.32. The van der Waals surface area contributed by atoms with Crippen LogP contribution in [-0.4, -0.2) is 58.1 Å². The van der Waals surface area contributed by atoms with Crippen molar-refractivity contribution in [1.82, 2.24) is 14.8 Å². The van der Waals surface area contributed by atoms with Gasteiger partial charge in [-0.15, -0.1) is 22.7 Å². The first kappa shape index (κ1) is 20.4. The van der Waals surface area contributed by atoms with Crippen LogP contribution in [0.15, 0.2) is 48.7 Å². The van der Waals surface area contributed by atoms with Gasteiger partial charge in [0.25, 0.3) is 17.6 Å². The molecule has 1 aliphatic heterocycles. The second-order valence-corrected chi connectivity index (χ2v) is 9.52. The predicted octanol–water partition coefficient (Wildman–Crippen LogP) is 3.74. The molecule has 3 heterocycles. The highest BCUT2D eigenvalue weighted by Gasteiger charge is 2.34. The van der Waals surface area contributed by atoms with Crippen LogP contribution >= 0.6 is 22.7 Å². The zero-order valence-corrected chi connectivity index (χ0v) is 18.3. The number of amides is 2. The molecule has 6 nitrogen and oxygen atoms in total. The SMILES string of the molecule is Cc1ncc(-c2ccc(C(=O)C(=O)N3CCN(C(=O)c4ccccc4)C[C@H]3C)s2)s1. The largest absolute Gasteiger partial charge is 0.335 e. The third-order valence-corrected chi connectivity index (χ3v) is 7.28. The van der Waals surface area contributed by atoms with Crippen molar-refractivity contribution in [3.63, 3.8) is 0 Å². The summed E-state index contributed by atoms with van der Waals surface area (Å²) in [5.74, 6) is -1.06. The van der Waals surface area contributed by atoms with Gasteiger partial charge in [-0.25, -0.2) is 4.98 Å². The molecule has 0 bridgehead atoms. The number of ketones is 1. The first-order chi connectivity index (χ1) is 14.4. The third kappa shape index (κ3) is 4.06. The lowest BCUT2D eigenvalue weighted by Gasteiger charge is -2.39. The zero-order valence-electron chi connectivity index (χ0n) is 16.7. The summed E-state index contributed by atoms with van der Waals surface area (Å²) in [4.78, 5) is 48.3. The molecule has 154 valence electrons. The fourth-order valence-electron chi connectivity index (χ4n) is 3.51. The normalized spacial score (nSPS) is 16.5. The molecule has 0 unspecified atom stereocenters. The molecule has 1 atom stereocenters. The van der Waals surface area contributed by atoms with E-state index in [1.54, 1.807) is 45.5 Å². The number of piperazine rings is 1. The monoisotopic (exact) mass is 439 g/mol. The van der Waals surface area contributed by atoms with E-state index in [-0.39, 0.29) is 11.9 Å². The number of hydrogen-bond acceptors (Lipinski definition) is 6. The van der Waals surface area contributed by atoms with Gasteiger partial charge in [0.15, 0.2) is 0 Å². The Morgan fingerprint density at radius 1 is 1.00 bits per heavy atom. The van der Waals surface area contributed by atoms with Crippen LogP contribution in [0.25, 0.3) is 9.75 Å². The smallest absolute Gasteiger partial charge is 0.296 e. The van der Waals surface area contributed by atoms with Crippen LogP contribution in [0.2, 0.25) is 0 Å². The van der Waals surface area contributed by atoms with E-state index in [4.69, 9.17) is 0 Å². The number of carbonyl (C=O) groups is 3. The second-order valence-electron chi connectivity index (χ2n) is 7.20. The lowest BCUT2D eigenvalue weighted by atomic mass is 10.1. The van der Waals surface area contributed by atoms with Crippen LogP contribution in [-0.2, 0) is 4.79 Å². The van der Waals surface area contributed by atoms with Crippen LogP contribution in [0.5, 0.6) is 0 Å². The number of aromatic nitrogens is 1. The van der Waals surface area contributed by atoms with E-state index in [1.165, 1.54) is 11.3 Å². The van der Waals surface area contributed by atoms with Gasteiger partial charge in [-0.2, -0.15) is 0 Å². The minimum absolute atomic E-state index is 0.0522. The second kappa shape index (κ2) is 8.49. The first-order valence-electron chi connectivity index (χ1n) is 9.66. The van der Waals surface area contributed by atoms with Crippen LogP contribution in [0.4, 0.5) is 0 Å². The van der Waals surface area contributed by atoms with E-state index >= 15 is 0 Å². The molecule has 4 rings (SSSR count). The number of thiazole rings is 1. The maximum atomic E-state index is 12.9. The summed E-state index contributed by atoms with van der Waals surface area (Å²) in [6.45, 7) is 4.96. The van der Waals surface area contributed by atoms with Crippen molar-refractivity contribution in [2.45, 2.75) is 19.9 Å². The van der Waals surface area contributed by atoms with Gasteiger partial charge in [-0.1, -0.05) is 18.2 Å². The summed E-state index contributed by atoms with van der Waals surface area (Å²) < 4.78 is 0. The number of thiophene rings is 1. The predicted molar refractivity (Wildman–Crippen MR) is 118 cm³/mol. The van der Waals surface area contributed by atoms with E-state index in [9.17, 15) is 14.4 Å². The van der Waals surface area contributed by atoms with Crippen molar-refractivity contribution in [1.29, 1.82) is 0 Å². The summed E-state index contributed by atoms with van der Waals surface area (Å²) in [6.07, 6.45) is 1.78. The molecule has 2 aromatic heterocycles. The van der Waals surface area contributed by atoms with Gasteiger partial charge in [0.05, 0.1) is 14.8 Å². The maximum absolute atomic E-state index is 12.9. The van der Waals surface area contributed by atoms with Crippen molar-refractivity contribution in [3.8, 4) is 9.75 Å². The molecule has 8 heteroatoms. The van der Waals surface area contributed by atoms with E-state index < -0.39 is 11.7 Å². The summed E-state index contributed by atoms with van der Waals surface area (Å²) in [5.41, 5.74) is 0.630. The van der Waals surface area contributed by atoms with Gasteiger partial charge in [0.1, 0.15) is 0 Å². The van der Waals surface area contributed by atoms with Gasteiger partial charge in [0, 0.05) is 42.3 Å². The van der Waals surface area contributed by atoms with Crippen molar-refractivity contribution >= 4 is 40.3 Å². The molecule has 1 fully saturated rings. The molecule has 1 aromatic carbocycles. The summed E-state index contributed by atoms with van der Waals surface area (Å²) in [7, 11) is 0. The van der Waals surface area contributed by atoms with Crippen LogP contribution < -0.4 is 0 Å². The molecule has 3 aromatic rings. The Balaban J connectivity index is 1.42. The van der Waals surface area contributed by atoms with Crippen LogP contribution in [0.3, 0.4) is 0 Å². The quantitative estimate of drug-likeness (QED) is 0.459. The van der Waals surface area contributed by atoms with E-state index in [2.05, 4.69) is 4.98 Å². The minimum atomic E-state index is -0.511. The number of Topliss-reactive ketones (excluding diaryl/α,β-unsaturated/α-hetero) is 1. The Hall–Kier alpha value is -2.84. The van der Waals surface area contributed by atoms with Gasteiger partial charge < -0.3 is 9.80 Å². The van der Waals surface area contributed by atoms with Gasteiger partial charge in [0.2, 0.25) is 0 Å². The summed E-state index contributed by atoms with van der Waals surface area (Å²) >= 11 is 2.87. The number of aryl methyl sites for hydroxylation is 1. The molecule has 1 saturated heterocycles. The Kier molecular flexibility index (Phi) is 5.78. The van der Waals surface area contributed by atoms with Crippen molar-refractivity contribution < 1.29 is 14.4 Å². The zero-order chi connectivity index (χ0) is 21.3. The molecular weight excluding hydrogens is 418 g/mol. The fraction of sp³-hybridized carbons (Fsp3) is 0.273. The fourth-order valence-corrected chi connectivity index (χ4v) is 5.30. The van der Waals surface area contributed by atoms with Gasteiger partial charge in [-0.3, -0.25) is 14.4 Å². The number of carbonyl (C=O) groups excluding carboxylic acids is 3. The lowest BCUT2D eigenvalue weighted by Crippen LogP contribution is -2.56. The number of rotatable bonds is 4. The van der Waals surface area contributed by atoms with Crippen molar-refractivity contribution in [2.75, 3.05) is 19.6 Å². The topological polar surface area (TPSA) is 70.6 Å². The highest BCUT2D eigenvalue weighted by molar-refractivity contribution is 7.23. The molecule has 2 amide bonds. The summed E-state index contributed by atoms with van der Waals surface area (Å²) in [6, 6.07) is 12.4. The Labute approximate surface area is 182 Å². The molecular formula is C22H21N3O3S2. The Morgan fingerprint density at radius 3 is 2.43 bits per heavy atom. The van der Waals surface area contributed by atoms with Gasteiger partial charge >= 0.3 is 0 Å². The third-order valence-electron chi connectivity index (χ3n) is 5.08. The Bertz CT molecular complexity index is 1090. The van der Waals surface area contributed by atoms with E-state index in [0.717, 1.165) is 14.8 Å². The molecule has 1 aliphatic rings. The molecule has 30 heavy (non-hydrogen) atoms. The summed E-state index contributed by atoms with van der Waals surface area (Å²) in [5, 5.41) is 0.957. The molecule has 0 radical (unpaired) electrons. The van der Waals surface area contributed by atoms with Crippen LogP contribution in [0, 0.1) is 6.92 Å². The lowest BCUT2D eigenvalue weighted by molar-refractivity contribution is -0.130. The molecule has 0 spiro atoms. The van der Waals surface area contributed by atoms with Crippen molar-refractivity contribution in [2.24, 2.45) is 0 Å². The van der Waals surface area contributed by atoms with E-state index in [0.29, 0.717) is 30.1 Å². The number of nitrogens with zero attached hydrogens (tertiary/aromatic N) is 3. The standard InChI is InChI=1S/C22H21N3O3S2/c1-14-13-24(21(27)16-6-4-3-5-7-16)10-11-25(14)22(28)20(26)18-9-8-17(30-18)19-12-23-15(2)29-19/h3-9,12,14H,10-11,13H2,1-2H3/t14-/m1/s1. The minimum Gasteiger partial charge on any atom is -0.335 e. The maximum Gasteiger partial charge on any atom is 0.296 e. The molecule has 0 N–H and O–H groups in total. The molecule has 0 saturated carbocycles. The first-order valence-corrected chi connectivity index (χ1v) is 11.3. The van der Waals surface area contributed by atoms with Crippen molar-refractivity contribution in [3.05, 3.63) is 64.1 Å². The average Bonchev–Trinajstić information content (AvgIpc) is 3.42. The number of hydrogen-bond donors (Lipinski definition) is 0. The van der Waals surface area contributed by atoms with Gasteiger partial charge in [-0.05, 0) is 38.1 Å². The highest BCUT2D eigenvalue weighted by atomic mass is 32.1. The van der Waals surface area contributed by atoms with E-state index in [1.807, 2.05) is 38.1 Å². The average molecular weight is 440 g/mol. The number of benzene rings is 1.